The zero-order valence-electron chi connectivity index (χ0n) is 10.1. The fourth-order valence-corrected chi connectivity index (χ4v) is 1.15. The normalized spacial score (nSPS) is 11.5. The lowest BCUT2D eigenvalue weighted by atomic mass is 10.3. The fourth-order valence-electron chi connectivity index (χ4n) is 1.15. The van der Waals surface area contributed by atoms with Crippen molar-refractivity contribution in [3.05, 3.63) is 30.1 Å². The van der Waals surface area contributed by atoms with Crippen LogP contribution in [-0.4, -0.2) is 31.6 Å². The van der Waals surface area contributed by atoms with Crippen molar-refractivity contribution in [2.75, 3.05) is 13.7 Å². The molecule has 0 fully saturated rings. The number of esters is 1. The Balaban J connectivity index is 2.44. The van der Waals surface area contributed by atoms with E-state index in [4.69, 9.17) is 4.74 Å². The van der Waals surface area contributed by atoms with Crippen LogP contribution in [-0.2, 0) is 14.3 Å². The zero-order valence-corrected chi connectivity index (χ0v) is 10.1. The summed E-state index contributed by atoms with van der Waals surface area (Å²) in [5.41, 5.74) is 0. The Bertz CT molecular complexity index is 419. The summed E-state index contributed by atoms with van der Waals surface area (Å²) in [5.74, 6) is -1.01. The van der Waals surface area contributed by atoms with Crippen molar-refractivity contribution in [1.82, 2.24) is 5.32 Å². The van der Waals surface area contributed by atoms with Crippen molar-refractivity contribution in [1.29, 1.82) is 0 Å². The number of rotatable bonds is 5. The predicted octanol–water partition coefficient (Wildman–Crippen LogP) is 0.882. The number of carbonyl (C=O) groups excluding carboxylic acids is 2. The topological polar surface area (TPSA) is 64.6 Å². The highest BCUT2D eigenvalue weighted by Crippen LogP contribution is 2.12. The first kappa shape index (κ1) is 14.0. The third kappa shape index (κ3) is 4.40. The van der Waals surface area contributed by atoms with Crippen LogP contribution in [0.25, 0.3) is 0 Å². The molecule has 6 heteroatoms. The Kier molecular flexibility index (Phi) is 5.10. The Hall–Kier alpha value is -2.11. The molecular weight excluding hydrogens is 241 g/mol. The van der Waals surface area contributed by atoms with Crippen LogP contribution in [0.3, 0.4) is 0 Å². The van der Waals surface area contributed by atoms with Gasteiger partial charge in [0.2, 0.25) is 0 Å². The molecule has 5 nitrogen and oxygen atoms in total. The van der Waals surface area contributed by atoms with Crippen molar-refractivity contribution in [2.24, 2.45) is 0 Å². The Labute approximate surface area is 104 Å². The molecule has 0 unspecified atom stereocenters. The van der Waals surface area contributed by atoms with E-state index in [-0.39, 0.29) is 12.4 Å². The van der Waals surface area contributed by atoms with Gasteiger partial charge in [0.1, 0.15) is 18.1 Å². The van der Waals surface area contributed by atoms with Crippen LogP contribution in [0.4, 0.5) is 4.39 Å². The second-order valence-electron chi connectivity index (χ2n) is 3.51. The standard InChI is InChI=1S/C12H14FNO4/c1-8(12(16)14-7-11(15)17-2)18-10-5-3-9(13)4-6-10/h3-6,8H,7H2,1-2H3,(H,14,16)/t8-/m0/s1. The second-order valence-corrected chi connectivity index (χ2v) is 3.51. The van der Waals surface area contributed by atoms with Gasteiger partial charge in [0, 0.05) is 0 Å². The molecule has 1 aromatic carbocycles. The number of hydrogen-bond donors (Lipinski definition) is 1. The zero-order chi connectivity index (χ0) is 13.5. The molecule has 1 amide bonds. The number of amides is 1. The highest BCUT2D eigenvalue weighted by atomic mass is 19.1. The molecule has 1 aromatic rings. The SMILES string of the molecule is COC(=O)CNC(=O)[C@H](C)Oc1ccc(F)cc1. The summed E-state index contributed by atoms with van der Waals surface area (Å²) in [6.45, 7) is 1.31. The monoisotopic (exact) mass is 255 g/mol. The number of halogens is 1. The number of ether oxygens (including phenoxy) is 2. The van der Waals surface area contributed by atoms with E-state index in [0.717, 1.165) is 0 Å². The van der Waals surface area contributed by atoms with Crippen LogP contribution >= 0.6 is 0 Å². The van der Waals surface area contributed by atoms with Crippen LogP contribution in [0.1, 0.15) is 6.92 Å². The average Bonchev–Trinajstić information content (AvgIpc) is 2.38. The van der Waals surface area contributed by atoms with Crippen LogP contribution in [0, 0.1) is 5.82 Å². The summed E-state index contributed by atoms with van der Waals surface area (Å²) in [6.07, 6.45) is -0.792. The number of nitrogens with one attached hydrogen (secondary N) is 1. The van der Waals surface area contributed by atoms with Crippen molar-refractivity contribution < 1.29 is 23.5 Å². The number of benzene rings is 1. The van der Waals surface area contributed by atoms with E-state index in [1.807, 2.05) is 0 Å². The summed E-state index contributed by atoms with van der Waals surface area (Å²) < 4.78 is 22.3. The van der Waals surface area contributed by atoms with Gasteiger partial charge in [-0.1, -0.05) is 0 Å². The second kappa shape index (κ2) is 6.58. The minimum absolute atomic E-state index is 0.216. The summed E-state index contributed by atoms with van der Waals surface area (Å²) in [5, 5.41) is 2.35. The maximum atomic E-state index is 12.6. The highest BCUT2D eigenvalue weighted by molar-refractivity contribution is 5.84. The predicted molar refractivity (Wildman–Crippen MR) is 61.5 cm³/mol. The van der Waals surface area contributed by atoms with E-state index in [2.05, 4.69) is 10.1 Å². The molecule has 18 heavy (non-hydrogen) atoms. The van der Waals surface area contributed by atoms with E-state index in [1.165, 1.54) is 38.3 Å². The molecule has 1 rings (SSSR count). The number of methoxy groups -OCH3 is 1. The Morgan fingerprint density at radius 1 is 1.33 bits per heavy atom. The quantitative estimate of drug-likeness (QED) is 0.793. The van der Waals surface area contributed by atoms with Gasteiger partial charge >= 0.3 is 5.97 Å². The summed E-state index contributed by atoms with van der Waals surface area (Å²) in [7, 11) is 1.23. The first-order valence-corrected chi connectivity index (χ1v) is 5.29. The molecule has 98 valence electrons. The fraction of sp³-hybridized carbons (Fsp3) is 0.333. The molecule has 0 aliphatic rings. The smallest absolute Gasteiger partial charge is 0.325 e. The Morgan fingerprint density at radius 3 is 2.50 bits per heavy atom. The molecule has 0 bridgehead atoms. The van der Waals surface area contributed by atoms with Crippen LogP contribution in [0.2, 0.25) is 0 Å². The maximum Gasteiger partial charge on any atom is 0.325 e. The lowest BCUT2D eigenvalue weighted by Gasteiger charge is -2.14. The van der Waals surface area contributed by atoms with Crippen LogP contribution < -0.4 is 10.1 Å². The third-order valence-corrected chi connectivity index (χ3v) is 2.13. The highest BCUT2D eigenvalue weighted by Gasteiger charge is 2.15. The van der Waals surface area contributed by atoms with Gasteiger partial charge in [-0.15, -0.1) is 0 Å². The first-order chi connectivity index (χ1) is 8.52. The first-order valence-electron chi connectivity index (χ1n) is 5.29. The van der Waals surface area contributed by atoms with Crippen LogP contribution in [0.5, 0.6) is 5.75 Å². The Morgan fingerprint density at radius 2 is 1.94 bits per heavy atom. The molecule has 1 N–H and O–H groups in total. The lowest BCUT2D eigenvalue weighted by Crippen LogP contribution is -2.39. The third-order valence-electron chi connectivity index (χ3n) is 2.13. The van der Waals surface area contributed by atoms with Crippen molar-refractivity contribution >= 4 is 11.9 Å². The van der Waals surface area contributed by atoms with Gasteiger partial charge in [-0.3, -0.25) is 9.59 Å². The average molecular weight is 255 g/mol. The van der Waals surface area contributed by atoms with Gasteiger partial charge < -0.3 is 14.8 Å². The molecule has 0 aromatic heterocycles. The van der Waals surface area contributed by atoms with E-state index in [0.29, 0.717) is 5.75 Å². The molecule has 0 radical (unpaired) electrons. The lowest BCUT2D eigenvalue weighted by molar-refractivity contribution is -0.141. The summed E-state index contributed by atoms with van der Waals surface area (Å²) in [4.78, 5) is 22.3. The summed E-state index contributed by atoms with van der Waals surface area (Å²) >= 11 is 0. The van der Waals surface area contributed by atoms with Crippen LogP contribution in [0.15, 0.2) is 24.3 Å². The van der Waals surface area contributed by atoms with Gasteiger partial charge in [-0.05, 0) is 31.2 Å². The maximum absolute atomic E-state index is 12.6. The van der Waals surface area contributed by atoms with E-state index >= 15 is 0 Å². The number of hydrogen-bond acceptors (Lipinski definition) is 4. The summed E-state index contributed by atoms with van der Waals surface area (Å²) in [6, 6.07) is 5.29. The van der Waals surface area contributed by atoms with Crippen molar-refractivity contribution in [2.45, 2.75) is 13.0 Å². The molecule has 0 aliphatic heterocycles. The molecule has 0 heterocycles. The number of carbonyl (C=O) groups is 2. The molecule has 0 spiro atoms. The minimum atomic E-state index is -0.792. The molecule has 0 saturated carbocycles. The van der Waals surface area contributed by atoms with E-state index < -0.39 is 18.0 Å². The van der Waals surface area contributed by atoms with E-state index in [9.17, 15) is 14.0 Å². The van der Waals surface area contributed by atoms with Crippen molar-refractivity contribution in [3.63, 3.8) is 0 Å². The molecule has 0 saturated heterocycles. The van der Waals surface area contributed by atoms with Gasteiger partial charge in [-0.2, -0.15) is 0 Å². The minimum Gasteiger partial charge on any atom is -0.481 e. The molecular formula is C12H14FNO4. The van der Waals surface area contributed by atoms with E-state index in [1.54, 1.807) is 0 Å². The van der Waals surface area contributed by atoms with Gasteiger partial charge in [-0.25, -0.2) is 4.39 Å². The molecule has 1 atom stereocenters. The van der Waals surface area contributed by atoms with Crippen molar-refractivity contribution in [3.8, 4) is 5.75 Å². The van der Waals surface area contributed by atoms with Gasteiger partial charge in [0.05, 0.1) is 7.11 Å². The van der Waals surface area contributed by atoms with Gasteiger partial charge in [0.15, 0.2) is 6.10 Å². The molecule has 0 aliphatic carbocycles. The largest absolute Gasteiger partial charge is 0.481 e. The van der Waals surface area contributed by atoms with Gasteiger partial charge in [0.25, 0.3) is 5.91 Å².